The Labute approximate surface area is 164 Å². The quantitative estimate of drug-likeness (QED) is 0.575. The van der Waals surface area contributed by atoms with Gasteiger partial charge in [-0.1, -0.05) is 13.8 Å². The summed E-state index contributed by atoms with van der Waals surface area (Å²) in [6.07, 6.45) is 8.83. The van der Waals surface area contributed by atoms with Crippen molar-refractivity contribution in [1.82, 2.24) is 0 Å². The van der Waals surface area contributed by atoms with Crippen molar-refractivity contribution in [2.75, 3.05) is 0 Å². The fourth-order valence-electron chi connectivity index (χ4n) is 8.31. The summed E-state index contributed by atoms with van der Waals surface area (Å²) in [7, 11) is -4.61. The van der Waals surface area contributed by atoms with Gasteiger partial charge in [0.2, 0.25) is 10.4 Å². The van der Waals surface area contributed by atoms with Gasteiger partial charge in [0.15, 0.2) is 0 Å². The van der Waals surface area contributed by atoms with E-state index in [9.17, 15) is 18.1 Å². The first kappa shape index (κ1) is 20.1. The van der Waals surface area contributed by atoms with Crippen molar-refractivity contribution in [3.63, 3.8) is 0 Å². The summed E-state index contributed by atoms with van der Waals surface area (Å²) in [4.78, 5) is 0. The molecule has 0 aromatic heterocycles. The van der Waals surface area contributed by atoms with Crippen molar-refractivity contribution >= 4 is 10.4 Å². The van der Waals surface area contributed by atoms with E-state index in [1.54, 1.807) is 0 Å². The molecule has 6 heteroatoms. The van der Waals surface area contributed by atoms with Crippen molar-refractivity contribution in [1.29, 1.82) is 0 Å². The molecule has 9 atom stereocenters. The first-order chi connectivity index (χ1) is 12.5. The van der Waals surface area contributed by atoms with Gasteiger partial charge in [-0.15, -0.1) is 0 Å². The van der Waals surface area contributed by atoms with Crippen LogP contribution in [0.5, 0.6) is 0 Å². The third-order valence-corrected chi connectivity index (χ3v) is 10.0. The van der Waals surface area contributed by atoms with Crippen molar-refractivity contribution in [3.05, 3.63) is 0 Å². The molecule has 1 unspecified atom stereocenters. The lowest BCUT2D eigenvalue weighted by Crippen LogP contribution is -2.54. The number of fused-ring (bicyclic) bond motifs is 5. The van der Waals surface area contributed by atoms with E-state index in [4.69, 9.17) is 4.18 Å². The minimum Gasteiger partial charge on any atom is -0.726 e. The number of rotatable bonds is 3. The molecule has 0 radical (unpaired) electrons. The molecule has 4 aliphatic rings. The molecule has 27 heavy (non-hydrogen) atoms. The standard InChI is InChI=1S/C21H36O5S/c1-13(22)17-6-7-18-16-5-4-14-12-15(26-27(23,24)25)8-10-20(14,2)19(16)9-11-21(17,18)3/h13-19,22H,4-12H2,1-3H3,(H,23,24,25)/p-1/t13?,14-,15-,16-,17+,18-,19-,20-,21+/m0/s1. The molecule has 0 spiro atoms. The average molecular weight is 400 g/mol. The van der Waals surface area contributed by atoms with Gasteiger partial charge in [-0.25, -0.2) is 8.42 Å². The highest BCUT2D eigenvalue weighted by molar-refractivity contribution is 7.80. The van der Waals surface area contributed by atoms with Gasteiger partial charge in [0.1, 0.15) is 0 Å². The van der Waals surface area contributed by atoms with Crippen LogP contribution >= 0.6 is 0 Å². The van der Waals surface area contributed by atoms with Gasteiger partial charge in [-0.05, 0) is 105 Å². The van der Waals surface area contributed by atoms with Gasteiger partial charge >= 0.3 is 0 Å². The normalized spacial score (nSPS) is 51.1. The molecule has 4 saturated carbocycles. The van der Waals surface area contributed by atoms with Gasteiger partial charge in [0.05, 0.1) is 12.2 Å². The van der Waals surface area contributed by atoms with Gasteiger partial charge in [-0.3, -0.25) is 4.18 Å². The highest BCUT2D eigenvalue weighted by atomic mass is 32.3. The number of hydrogen-bond donors (Lipinski definition) is 1. The molecule has 1 N–H and O–H groups in total. The van der Waals surface area contributed by atoms with E-state index in [0.717, 1.165) is 25.2 Å². The zero-order chi connectivity index (χ0) is 19.6. The Balaban J connectivity index is 1.52. The van der Waals surface area contributed by atoms with Gasteiger partial charge < -0.3 is 9.66 Å². The smallest absolute Gasteiger partial charge is 0.217 e. The van der Waals surface area contributed by atoms with E-state index in [1.807, 2.05) is 6.92 Å². The van der Waals surface area contributed by atoms with E-state index in [0.29, 0.717) is 36.5 Å². The lowest BCUT2D eigenvalue weighted by Gasteiger charge is -2.61. The summed E-state index contributed by atoms with van der Waals surface area (Å²) in [5.74, 6) is 3.02. The maximum atomic E-state index is 11.0. The Bertz CT molecular complexity index is 676. The van der Waals surface area contributed by atoms with Crippen LogP contribution in [0, 0.1) is 40.4 Å². The van der Waals surface area contributed by atoms with E-state index in [1.165, 1.54) is 25.7 Å². The molecule has 0 aromatic carbocycles. The second-order valence-electron chi connectivity index (χ2n) is 10.5. The van der Waals surface area contributed by atoms with Crippen molar-refractivity contribution in [2.24, 2.45) is 40.4 Å². The van der Waals surface area contributed by atoms with Crippen LogP contribution in [-0.2, 0) is 14.6 Å². The van der Waals surface area contributed by atoms with Crippen LogP contribution in [0.15, 0.2) is 0 Å². The Morgan fingerprint density at radius 2 is 1.67 bits per heavy atom. The zero-order valence-corrected chi connectivity index (χ0v) is 17.7. The molecule has 4 aliphatic carbocycles. The molecule has 0 bridgehead atoms. The lowest BCUT2D eigenvalue weighted by molar-refractivity contribution is -0.130. The Hall–Kier alpha value is -0.170. The highest BCUT2D eigenvalue weighted by Gasteiger charge is 2.60. The topological polar surface area (TPSA) is 86.7 Å². The van der Waals surface area contributed by atoms with Crippen molar-refractivity contribution in [2.45, 2.75) is 90.8 Å². The molecule has 0 aromatic rings. The summed E-state index contributed by atoms with van der Waals surface area (Å²) in [6.45, 7) is 6.81. The molecule has 4 fully saturated rings. The number of aliphatic hydroxyl groups excluding tert-OH is 1. The zero-order valence-electron chi connectivity index (χ0n) is 16.9. The third kappa shape index (κ3) is 3.28. The summed E-state index contributed by atoms with van der Waals surface area (Å²) < 4.78 is 37.9. The van der Waals surface area contributed by atoms with E-state index in [-0.39, 0.29) is 16.9 Å². The van der Waals surface area contributed by atoms with Crippen LogP contribution in [-0.4, -0.2) is 30.3 Å². The van der Waals surface area contributed by atoms with Crippen LogP contribution in [0.1, 0.15) is 78.6 Å². The van der Waals surface area contributed by atoms with E-state index >= 15 is 0 Å². The van der Waals surface area contributed by atoms with Gasteiger partial charge in [-0.2, -0.15) is 0 Å². The molecule has 0 amide bonds. The van der Waals surface area contributed by atoms with Gasteiger partial charge in [0, 0.05) is 0 Å². The highest BCUT2D eigenvalue weighted by Crippen LogP contribution is 2.67. The minimum atomic E-state index is -4.61. The first-order valence-corrected chi connectivity index (χ1v) is 12.2. The van der Waals surface area contributed by atoms with Gasteiger partial charge in [0.25, 0.3) is 0 Å². The van der Waals surface area contributed by atoms with Crippen LogP contribution in [0.2, 0.25) is 0 Å². The predicted octanol–water partition coefficient (Wildman–Crippen LogP) is 3.87. The van der Waals surface area contributed by atoms with Crippen molar-refractivity contribution < 1.29 is 22.3 Å². The summed E-state index contributed by atoms with van der Waals surface area (Å²) in [6, 6.07) is 0. The maximum absolute atomic E-state index is 11.0. The first-order valence-electron chi connectivity index (χ1n) is 10.9. The SMILES string of the molecule is CC(O)[C@H]1CC[C@H]2[C@@H]3CC[C@H]4C[C@@H](OS(=O)(=O)[O-])CC[C@]4(C)[C@H]3CC[C@]12C. The molecular formula is C21H35O5S-. The Morgan fingerprint density at radius 3 is 2.33 bits per heavy atom. The molecule has 0 saturated heterocycles. The Kier molecular flexibility index (Phi) is 4.98. The van der Waals surface area contributed by atoms with Crippen molar-refractivity contribution in [3.8, 4) is 0 Å². The number of hydrogen-bond acceptors (Lipinski definition) is 5. The van der Waals surface area contributed by atoms with E-state index < -0.39 is 16.5 Å². The summed E-state index contributed by atoms with van der Waals surface area (Å²) >= 11 is 0. The number of aliphatic hydroxyl groups is 1. The van der Waals surface area contributed by atoms with Crippen LogP contribution in [0.3, 0.4) is 0 Å². The fourth-order valence-corrected chi connectivity index (χ4v) is 8.81. The Morgan fingerprint density at radius 1 is 1.00 bits per heavy atom. The minimum absolute atomic E-state index is 0.217. The monoisotopic (exact) mass is 399 g/mol. The molecule has 4 rings (SSSR count). The fraction of sp³-hybridized carbons (Fsp3) is 1.00. The lowest BCUT2D eigenvalue weighted by atomic mass is 9.44. The maximum Gasteiger partial charge on any atom is 0.217 e. The third-order valence-electron chi connectivity index (χ3n) is 9.53. The molecular weight excluding hydrogens is 364 g/mol. The molecule has 156 valence electrons. The van der Waals surface area contributed by atoms with E-state index in [2.05, 4.69) is 13.8 Å². The second kappa shape index (κ2) is 6.68. The molecule has 0 aliphatic heterocycles. The predicted molar refractivity (Wildman–Crippen MR) is 101 cm³/mol. The van der Waals surface area contributed by atoms with Crippen LogP contribution in [0.4, 0.5) is 0 Å². The van der Waals surface area contributed by atoms with Crippen LogP contribution in [0.25, 0.3) is 0 Å². The van der Waals surface area contributed by atoms with Crippen LogP contribution < -0.4 is 0 Å². The molecule has 5 nitrogen and oxygen atoms in total. The second-order valence-corrected chi connectivity index (χ2v) is 11.5. The average Bonchev–Trinajstić information content (AvgIpc) is 2.91. The summed E-state index contributed by atoms with van der Waals surface area (Å²) in [5.41, 5.74) is 0.509. The summed E-state index contributed by atoms with van der Waals surface area (Å²) in [5, 5.41) is 10.3. The molecule has 0 heterocycles. The largest absolute Gasteiger partial charge is 0.726 e.